The van der Waals surface area contributed by atoms with E-state index in [0.717, 1.165) is 17.5 Å². The molecule has 0 amide bonds. The molecule has 30 heavy (non-hydrogen) atoms. The standard InChI is InChI=1S/C24H20F4O2/c1-3-15-4-6-16(7-5-15)17-8-10-18(11-9-17)30-24(27,28)21-14(2)12-19(20-13-29-20)22(25)23(21)26/h4-12,20H,3,13H2,1-2H3. The zero-order valence-corrected chi connectivity index (χ0v) is 16.5. The fraction of sp³-hybridized carbons (Fsp3) is 0.250. The maximum absolute atomic E-state index is 14.7. The molecule has 0 radical (unpaired) electrons. The van der Waals surface area contributed by atoms with Crippen LogP contribution in [0.4, 0.5) is 17.6 Å². The molecule has 1 atom stereocenters. The third kappa shape index (κ3) is 3.92. The molecule has 1 saturated heterocycles. The molecule has 2 nitrogen and oxygen atoms in total. The van der Waals surface area contributed by atoms with E-state index in [2.05, 4.69) is 6.92 Å². The average Bonchev–Trinajstić information content (AvgIpc) is 3.56. The smallest absolute Gasteiger partial charge is 0.429 e. The summed E-state index contributed by atoms with van der Waals surface area (Å²) >= 11 is 0. The van der Waals surface area contributed by atoms with E-state index in [1.54, 1.807) is 12.1 Å². The van der Waals surface area contributed by atoms with Gasteiger partial charge in [0.15, 0.2) is 11.6 Å². The van der Waals surface area contributed by atoms with Crippen LogP contribution in [-0.2, 0) is 17.3 Å². The highest BCUT2D eigenvalue weighted by Gasteiger charge is 2.42. The highest BCUT2D eigenvalue weighted by Crippen LogP contribution is 2.40. The molecule has 3 aromatic rings. The molecular weight excluding hydrogens is 396 g/mol. The molecular formula is C24H20F4O2. The Balaban J connectivity index is 1.58. The Morgan fingerprint density at radius 2 is 1.53 bits per heavy atom. The second-order valence-corrected chi connectivity index (χ2v) is 7.30. The minimum atomic E-state index is -4.04. The molecule has 1 unspecified atom stereocenters. The Kier molecular flexibility index (Phi) is 5.28. The first-order chi connectivity index (χ1) is 14.3. The summed E-state index contributed by atoms with van der Waals surface area (Å²) in [6.07, 6.45) is -3.70. The van der Waals surface area contributed by atoms with Gasteiger partial charge in [0.25, 0.3) is 0 Å². The summed E-state index contributed by atoms with van der Waals surface area (Å²) in [5, 5.41) is 0. The second kappa shape index (κ2) is 7.76. The van der Waals surface area contributed by atoms with Gasteiger partial charge in [-0.2, -0.15) is 8.78 Å². The van der Waals surface area contributed by atoms with Gasteiger partial charge in [-0.3, -0.25) is 0 Å². The monoisotopic (exact) mass is 416 g/mol. The average molecular weight is 416 g/mol. The van der Waals surface area contributed by atoms with Gasteiger partial charge in [-0.1, -0.05) is 43.3 Å². The summed E-state index contributed by atoms with van der Waals surface area (Å²) in [6.45, 7) is 3.60. The van der Waals surface area contributed by atoms with E-state index in [9.17, 15) is 17.6 Å². The fourth-order valence-corrected chi connectivity index (χ4v) is 3.44. The molecule has 0 bridgehead atoms. The SMILES string of the molecule is CCc1ccc(-c2ccc(OC(F)(F)c3c(C)cc(C4CO4)c(F)c3F)cc2)cc1. The van der Waals surface area contributed by atoms with Gasteiger partial charge in [0.1, 0.15) is 17.4 Å². The molecule has 0 spiro atoms. The number of ether oxygens (including phenoxy) is 2. The van der Waals surface area contributed by atoms with Gasteiger partial charge in [-0.15, -0.1) is 0 Å². The summed E-state index contributed by atoms with van der Waals surface area (Å²) in [4.78, 5) is 0. The van der Waals surface area contributed by atoms with E-state index >= 15 is 0 Å². The van der Waals surface area contributed by atoms with E-state index in [0.29, 0.717) is 0 Å². The quantitative estimate of drug-likeness (QED) is 0.329. The summed E-state index contributed by atoms with van der Waals surface area (Å²) in [6, 6.07) is 15.2. The number of alkyl halides is 2. The van der Waals surface area contributed by atoms with Gasteiger partial charge in [0, 0.05) is 5.56 Å². The number of rotatable bonds is 6. The first-order valence-corrected chi connectivity index (χ1v) is 9.67. The maximum Gasteiger partial charge on any atom is 0.429 e. The maximum atomic E-state index is 14.7. The molecule has 0 N–H and O–H groups in total. The van der Waals surface area contributed by atoms with Crippen LogP contribution in [0.5, 0.6) is 5.75 Å². The number of hydrogen-bond acceptors (Lipinski definition) is 2. The Labute approximate surface area is 172 Å². The number of hydrogen-bond donors (Lipinski definition) is 0. The van der Waals surface area contributed by atoms with Gasteiger partial charge < -0.3 is 9.47 Å². The number of halogens is 4. The molecule has 1 heterocycles. The summed E-state index contributed by atoms with van der Waals surface area (Å²) in [5.74, 6) is -3.09. The summed E-state index contributed by atoms with van der Waals surface area (Å²) in [5.41, 5.74) is 1.70. The van der Waals surface area contributed by atoms with Crippen LogP contribution in [-0.4, -0.2) is 6.61 Å². The van der Waals surface area contributed by atoms with Crippen LogP contribution < -0.4 is 4.74 Å². The first kappa shape index (κ1) is 20.4. The number of aryl methyl sites for hydroxylation is 2. The van der Waals surface area contributed by atoms with Crippen LogP contribution in [0.1, 0.15) is 35.3 Å². The van der Waals surface area contributed by atoms with Crippen LogP contribution in [0.2, 0.25) is 0 Å². The lowest BCUT2D eigenvalue weighted by Crippen LogP contribution is -2.26. The Morgan fingerprint density at radius 3 is 2.07 bits per heavy atom. The highest BCUT2D eigenvalue weighted by atomic mass is 19.3. The van der Waals surface area contributed by atoms with Gasteiger partial charge in [-0.25, -0.2) is 8.78 Å². The predicted molar refractivity (Wildman–Crippen MR) is 106 cm³/mol. The third-order valence-electron chi connectivity index (χ3n) is 5.20. The predicted octanol–water partition coefficient (Wildman–Crippen LogP) is 6.70. The van der Waals surface area contributed by atoms with E-state index in [1.807, 2.05) is 24.3 Å². The first-order valence-electron chi connectivity index (χ1n) is 9.67. The van der Waals surface area contributed by atoms with Crippen LogP contribution in [0.3, 0.4) is 0 Å². The molecule has 0 saturated carbocycles. The van der Waals surface area contributed by atoms with Crippen molar-refractivity contribution in [2.24, 2.45) is 0 Å². The van der Waals surface area contributed by atoms with Crippen molar-refractivity contribution in [2.75, 3.05) is 6.61 Å². The van der Waals surface area contributed by atoms with E-state index in [1.165, 1.54) is 30.7 Å². The molecule has 156 valence electrons. The van der Waals surface area contributed by atoms with Crippen molar-refractivity contribution in [1.29, 1.82) is 0 Å². The van der Waals surface area contributed by atoms with Crippen molar-refractivity contribution in [1.82, 2.24) is 0 Å². The zero-order valence-electron chi connectivity index (χ0n) is 16.5. The lowest BCUT2D eigenvalue weighted by Gasteiger charge is -2.21. The summed E-state index contributed by atoms with van der Waals surface area (Å²) < 4.78 is 67.9. The lowest BCUT2D eigenvalue weighted by molar-refractivity contribution is -0.188. The lowest BCUT2D eigenvalue weighted by atomic mass is 10.0. The number of epoxide rings is 1. The van der Waals surface area contributed by atoms with E-state index in [4.69, 9.17) is 9.47 Å². The van der Waals surface area contributed by atoms with Gasteiger partial charge in [0.05, 0.1) is 6.61 Å². The van der Waals surface area contributed by atoms with Crippen molar-refractivity contribution < 1.29 is 27.0 Å². The number of benzene rings is 3. The second-order valence-electron chi connectivity index (χ2n) is 7.30. The van der Waals surface area contributed by atoms with E-state index in [-0.39, 0.29) is 23.5 Å². The van der Waals surface area contributed by atoms with Crippen molar-refractivity contribution >= 4 is 0 Å². The van der Waals surface area contributed by atoms with Crippen molar-refractivity contribution in [3.05, 3.63) is 88.5 Å². The molecule has 1 aliphatic rings. The molecule has 1 fully saturated rings. The van der Waals surface area contributed by atoms with Gasteiger partial charge in [0.2, 0.25) is 0 Å². The Morgan fingerprint density at radius 1 is 0.967 bits per heavy atom. The molecule has 0 aliphatic carbocycles. The van der Waals surface area contributed by atoms with Crippen LogP contribution in [0, 0.1) is 18.6 Å². The topological polar surface area (TPSA) is 21.8 Å². The normalized spacial score (nSPS) is 15.9. The third-order valence-corrected chi connectivity index (χ3v) is 5.20. The van der Waals surface area contributed by atoms with Crippen molar-refractivity contribution in [2.45, 2.75) is 32.5 Å². The molecule has 0 aromatic heterocycles. The van der Waals surface area contributed by atoms with Gasteiger partial charge >= 0.3 is 6.11 Å². The van der Waals surface area contributed by atoms with Crippen LogP contribution in [0.15, 0.2) is 54.6 Å². The largest absolute Gasteiger partial charge is 0.429 e. The Hall–Kier alpha value is -2.86. The molecule has 4 rings (SSSR count). The highest BCUT2D eigenvalue weighted by molar-refractivity contribution is 5.64. The molecule has 3 aromatic carbocycles. The van der Waals surface area contributed by atoms with Crippen molar-refractivity contribution in [3.63, 3.8) is 0 Å². The van der Waals surface area contributed by atoms with Crippen molar-refractivity contribution in [3.8, 4) is 16.9 Å². The molecule has 6 heteroatoms. The van der Waals surface area contributed by atoms with E-state index < -0.39 is 29.4 Å². The minimum Gasteiger partial charge on any atom is -0.429 e. The minimum absolute atomic E-state index is 0.0528. The van der Waals surface area contributed by atoms with Crippen LogP contribution >= 0.6 is 0 Å². The fourth-order valence-electron chi connectivity index (χ4n) is 3.44. The summed E-state index contributed by atoms with van der Waals surface area (Å²) in [7, 11) is 0. The van der Waals surface area contributed by atoms with Gasteiger partial charge in [-0.05, 0) is 53.8 Å². The Bertz CT molecular complexity index is 1060. The molecule has 1 aliphatic heterocycles. The van der Waals surface area contributed by atoms with Crippen LogP contribution in [0.25, 0.3) is 11.1 Å². The zero-order chi connectivity index (χ0) is 21.5.